The van der Waals surface area contributed by atoms with Gasteiger partial charge in [-0.2, -0.15) is 0 Å². The number of amides is 1. The van der Waals surface area contributed by atoms with Gasteiger partial charge in [0, 0.05) is 6.21 Å². The largest absolute Gasteiger partial charge is 0.345 e. The summed E-state index contributed by atoms with van der Waals surface area (Å²) in [5, 5.41) is 2.89. The first-order valence-corrected chi connectivity index (χ1v) is 6.25. The Morgan fingerprint density at radius 1 is 1.39 bits per heavy atom. The van der Waals surface area contributed by atoms with E-state index < -0.39 is 0 Å². The molecule has 1 atom stereocenters. The van der Waals surface area contributed by atoms with Crippen LogP contribution in [0.4, 0.5) is 0 Å². The summed E-state index contributed by atoms with van der Waals surface area (Å²) >= 11 is 4.19. The predicted octanol–water partition coefficient (Wildman–Crippen LogP) is 3.12. The van der Waals surface area contributed by atoms with E-state index in [1.54, 1.807) is 20.1 Å². The molecule has 0 aliphatic heterocycles. The lowest BCUT2D eigenvalue weighted by Gasteiger charge is -2.14. The lowest BCUT2D eigenvalue weighted by Crippen LogP contribution is -2.27. The van der Waals surface area contributed by atoms with Gasteiger partial charge in [-0.1, -0.05) is 30.3 Å². The Balaban J connectivity index is 2.74. The lowest BCUT2D eigenvalue weighted by molar-refractivity contribution is -0.117. The maximum Gasteiger partial charge on any atom is 0.259 e. The quantitative estimate of drug-likeness (QED) is 0.488. The van der Waals surface area contributed by atoms with Crippen molar-refractivity contribution in [2.75, 3.05) is 0 Å². The summed E-state index contributed by atoms with van der Waals surface area (Å²) in [7, 11) is 0. The van der Waals surface area contributed by atoms with Crippen molar-refractivity contribution in [2.45, 2.75) is 26.8 Å². The van der Waals surface area contributed by atoms with Gasteiger partial charge < -0.3 is 5.32 Å². The van der Waals surface area contributed by atoms with E-state index >= 15 is 0 Å². The number of carbonyl (C=O) groups is 1. The van der Waals surface area contributed by atoms with E-state index in [9.17, 15) is 4.79 Å². The van der Waals surface area contributed by atoms with Crippen molar-refractivity contribution in [3.05, 3.63) is 46.5 Å². The molecule has 0 spiro atoms. The molecule has 0 unspecified atom stereocenters. The van der Waals surface area contributed by atoms with Gasteiger partial charge in [0.15, 0.2) is 0 Å². The zero-order valence-electron chi connectivity index (χ0n) is 10.8. The molecule has 0 aliphatic rings. The Kier molecular flexibility index (Phi) is 5.65. The number of hydrogen-bond acceptors (Lipinski definition) is 3. The maximum absolute atomic E-state index is 11.9. The Morgan fingerprint density at radius 2 is 2.00 bits per heavy atom. The van der Waals surface area contributed by atoms with Crippen molar-refractivity contribution < 1.29 is 4.79 Å². The van der Waals surface area contributed by atoms with Crippen LogP contribution in [0, 0.1) is 0 Å². The highest BCUT2D eigenvalue weighted by atomic mass is 32.1. The zero-order valence-corrected chi connectivity index (χ0v) is 11.7. The molecule has 1 aromatic rings. The molecule has 1 rings (SSSR count). The molecule has 0 aliphatic carbocycles. The third-order valence-corrected chi connectivity index (χ3v) is 3.05. The number of nitrogens with one attached hydrogen (secondary N) is 1. The lowest BCUT2D eigenvalue weighted by atomic mass is 10.1. The first kappa shape index (κ1) is 14.5. The second-order valence-corrected chi connectivity index (χ2v) is 4.37. The third kappa shape index (κ3) is 4.04. The second-order valence-electron chi connectivity index (χ2n) is 3.93. The summed E-state index contributed by atoms with van der Waals surface area (Å²) in [6.07, 6.45) is 1.64. The molecular formula is C14H18N2OS. The first-order chi connectivity index (χ1) is 8.56. The molecule has 0 bridgehead atoms. The Bertz CT molecular complexity index is 466. The molecule has 1 N–H and O–H groups in total. The van der Waals surface area contributed by atoms with Crippen molar-refractivity contribution in [3.8, 4) is 0 Å². The molecule has 1 amide bonds. The molecule has 0 saturated heterocycles. The number of aliphatic imine (C=N–C) groups is 1. The number of carbonyl (C=O) groups excluding carboxylic acids is 1. The van der Waals surface area contributed by atoms with Crippen LogP contribution in [0.3, 0.4) is 0 Å². The number of thiol groups is 1. The van der Waals surface area contributed by atoms with Crippen molar-refractivity contribution in [3.63, 3.8) is 0 Å². The number of nitrogens with zero attached hydrogens (tertiary/aromatic N) is 1. The molecule has 0 fully saturated rings. The average Bonchev–Trinajstić information content (AvgIpc) is 2.39. The van der Waals surface area contributed by atoms with Gasteiger partial charge in [-0.3, -0.25) is 9.79 Å². The van der Waals surface area contributed by atoms with Crippen LogP contribution < -0.4 is 5.32 Å². The second kappa shape index (κ2) is 7.01. The summed E-state index contributed by atoms with van der Waals surface area (Å²) in [4.78, 5) is 16.3. The van der Waals surface area contributed by atoms with Crippen LogP contribution in [-0.4, -0.2) is 12.1 Å². The minimum atomic E-state index is -0.210. The highest BCUT2D eigenvalue weighted by molar-refractivity contribution is 7.85. The predicted molar refractivity (Wildman–Crippen MR) is 78.9 cm³/mol. The van der Waals surface area contributed by atoms with Crippen molar-refractivity contribution in [1.82, 2.24) is 5.32 Å². The monoisotopic (exact) mass is 262 g/mol. The van der Waals surface area contributed by atoms with Gasteiger partial charge in [-0.15, -0.1) is 12.6 Å². The van der Waals surface area contributed by atoms with Gasteiger partial charge in [0.25, 0.3) is 5.91 Å². The summed E-state index contributed by atoms with van der Waals surface area (Å²) in [5.41, 5.74) is 1.67. The molecule has 0 aromatic heterocycles. The highest BCUT2D eigenvalue weighted by Gasteiger charge is 2.12. The van der Waals surface area contributed by atoms with Gasteiger partial charge in [-0.25, -0.2) is 0 Å². The first-order valence-electron chi connectivity index (χ1n) is 5.80. The summed E-state index contributed by atoms with van der Waals surface area (Å²) in [6.45, 7) is 5.50. The summed E-state index contributed by atoms with van der Waals surface area (Å²) < 4.78 is 0. The molecule has 1 aromatic carbocycles. The van der Waals surface area contributed by atoms with E-state index in [0.29, 0.717) is 10.6 Å². The molecule has 18 heavy (non-hydrogen) atoms. The minimum Gasteiger partial charge on any atom is -0.345 e. The fourth-order valence-corrected chi connectivity index (χ4v) is 1.63. The van der Waals surface area contributed by atoms with Crippen LogP contribution in [0.2, 0.25) is 0 Å². The van der Waals surface area contributed by atoms with E-state index in [1.165, 1.54) is 0 Å². The Morgan fingerprint density at radius 3 is 2.56 bits per heavy atom. The van der Waals surface area contributed by atoms with Crippen molar-refractivity contribution in [2.24, 2.45) is 4.99 Å². The van der Waals surface area contributed by atoms with Gasteiger partial charge in [0.1, 0.15) is 0 Å². The van der Waals surface area contributed by atoms with Gasteiger partial charge in [0.05, 0.1) is 16.6 Å². The fraction of sp³-hybridized carbons (Fsp3) is 0.286. The number of hydrogen-bond donors (Lipinski definition) is 2. The van der Waals surface area contributed by atoms with E-state index in [4.69, 9.17) is 0 Å². The van der Waals surface area contributed by atoms with Crippen LogP contribution in [-0.2, 0) is 4.79 Å². The Hall–Kier alpha value is -1.55. The number of benzene rings is 1. The highest BCUT2D eigenvalue weighted by Crippen LogP contribution is 2.15. The molecule has 0 radical (unpaired) electrons. The van der Waals surface area contributed by atoms with E-state index in [2.05, 4.69) is 22.9 Å². The van der Waals surface area contributed by atoms with Gasteiger partial charge in [-0.05, 0) is 26.3 Å². The summed E-state index contributed by atoms with van der Waals surface area (Å²) in [6, 6.07) is 9.74. The molecule has 0 saturated carbocycles. The van der Waals surface area contributed by atoms with Crippen molar-refractivity contribution in [1.29, 1.82) is 0 Å². The topological polar surface area (TPSA) is 41.5 Å². The van der Waals surface area contributed by atoms with Crippen LogP contribution in [0.15, 0.2) is 45.9 Å². The van der Waals surface area contributed by atoms with Crippen LogP contribution >= 0.6 is 12.6 Å². The van der Waals surface area contributed by atoms with Crippen LogP contribution in [0.25, 0.3) is 0 Å². The number of rotatable bonds is 4. The summed E-state index contributed by atoms with van der Waals surface area (Å²) in [5.74, 6) is -0.210. The van der Waals surface area contributed by atoms with E-state index in [1.807, 2.05) is 37.3 Å². The fourth-order valence-electron chi connectivity index (χ4n) is 1.51. The molecule has 0 heterocycles. The molecule has 3 nitrogen and oxygen atoms in total. The SMILES string of the molecule is CC=N/C(C)=C(\S)C(=O)N[C@@H](C)c1ccccc1. The van der Waals surface area contributed by atoms with E-state index in [0.717, 1.165) is 5.56 Å². The van der Waals surface area contributed by atoms with Crippen molar-refractivity contribution >= 4 is 24.8 Å². The normalized spacial score (nSPS) is 14.2. The maximum atomic E-state index is 11.9. The van der Waals surface area contributed by atoms with Crippen LogP contribution in [0.1, 0.15) is 32.4 Å². The standard InChI is InChI=1S/C14H18N2OS/c1-4-15-11(3)13(18)14(17)16-10(2)12-8-6-5-7-9-12/h4-10,18H,1-3H3,(H,16,17)/b13-11-,15-4?/t10-/m0/s1. The third-order valence-electron chi connectivity index (χ3n) is 2.53. The smallest absolute Gasteiger partial charge is 0.259 e. The number of allylic oxidation sites excluding steroid dienone is 1. The average molecular weight is 262 g/mol. The van der Waals surface area contributed by atoms with E-state index in [-0.39, 0.29) is 11.9 Å². The van der Waals surface area contributed by atoms with Crippen LogP contribution in [0.5, 0.6) is 0 Å². The zero-order chi connectivity index (χ0) is 13.5. The van der Waals surface area contributed by atoms with Gasteiger partial charge in [0.2, 0.25) is 0 Å². The molecular weight excluding hydrogens is 244 g/mol. The van der Waals surface area contributed by atoms with Gasteiger partial charge >= 0.3 is 0 Å². The minimum absolute atomic E-state index is 0.0562. The molecule has 4 heteroatoms. The molecule has 96 valence electrons. The Labute approximate surface area is 113 Å².